The molecule has 22 heavy (non-hydrogen) atoms. The fourth-order valence-corrected chi connectivity index (χ4v) is 6.89. The number of benzene rings is 1. The van der Waals surface area contributed by atoms with E-state index >= 15 is 0 Å². The minimum absolute atomic E-state index is 0.0278. The molecular formula is C18H22FIO2. The van der Waals surface area contributed by atoms with Crippen LogP contribution in [0.1, 0.15) is 49.7 Å². The lowest BCUT2D eigenvalue weighted by molar-refractivity contribution is -0.0209. The predicted molar refractivity (Wildman–Crippen MR) is 91.9 cm³/mol. The van der Waals surface area contributed by atoms with Gasteiger partial charge in [0.15, 0.2) is 11.6 Å². The molecule has 3 aliphatic carbocycles. The number of aliphatic hydroxyl groups excluding tert-OH is 1. The van der Waals surface area contributed by atoms with Gasteiger partial charge in [0.1, 0.15) is 0 Å². The lowest BCUT2D eigenvalue weighted by Crippen LogP contribution is -2.44. The van der Waals surface area contributed by atoms with E-state index in [1.54, 1.807) is 12.1 Å². The zero-order chi connectivity index (χ0) is 15.6. The zero-order valence-electron chi connectivity index (χ0n) is 12.7. The number of alkyl halides is 1. The number of aliphatic hydroxyl groups is 1. The second-order valence-corrected chi connectivity index (χ2v) is 9.26. The first-order valence-electron chi connectivity index (χ1n) is 8.25. The van der Waals surface area contributed by atoms with Crippen LogP contribution in [0.25, 0.3) is 0 Å². The topological polar surface area (TPSA) is 40.5 Å². The van der Waals surface area contributed by atoms with Crippen LogP contribution in [0.2, 0.25) is 0 Å². The zero-order valence-corrected chi connectivity index (χ0v) is 14.9. The number of halogens is 2. The molecule has 2 fully saturated rings. The minimum Gasteiger partial charge on any atom is -0.505 e. The van der Waals surface area contributed by atoms with E-state index in [0.717, 1.165) is 43.2 Å². The van der Waals surface area contributed by atoms with Crippen LogP contribution in [0.15, 0.2) is 12.1 Å². The van der Waals surface area contributed by atoms with Crippen molar-refractivity contribution in [2.45, 2.75) is 55.0 Å². The highest BCUT2D eigenvalue weighted by Crippen LogP contribution is 2.62. The maximum absolute atomic E-state index is 13.8. The van der Waals surface area contributed by atoms with Crippen LogP contribution in [0.3, 0.4) is 0 Å². The minimum atomic E-state index is -0.494. The second kappa shape index (κ2) is 5.07. The first kappa shape index (κ1) is 15.2. The van der Waals surface area contributed by atoms with Gasteiger partial charge < -0.3 is 10.2 Å². The predicted octanol–water partition coefficient (Wildman–Crippen LogP) is 4.16. The molecule has 6 atom stereocenters. The van der Waals surface area contributed by atoms with Gasteiger partial charge in [-0.25, -0.2) is 4.39 Å². The average molecular weight is 414 g/mol. The summed E-state index contributed by atoms with van der Waals surface area (Å²) in [5.41, 5.74) is 2.26. The van der Waals surface area contributed by atoms with Crippen molar-refractivity contribution in [1.29, 1.82) is 0 Å². The summed E-state index contributed by atoms with van der Waals surface area (Å²) in [5.74, 6) is 0.760. The number of rotatable bonds is 0. The Kier molecular flexibility index (Phi) is 3.50. The molecule has 4 rings (SSSR count). The standard InChI is InChI=1S/C18H22FIO2/c1-18-5-4-10-11(13(18)8-15(20)17(18)22)3-2-9-6-16(21)14(19)7-12(9)10/h6-7,10-11,13,15,17,21-22H,2-5,8H2,1H3/t10-,11+,13-,15+,17-,18-/m0/s1/i20-2. The molecule has 0 heterocycles. The van der Waals surface area contributed by atoms with Crippen molar-refractivity contribution in [3.63, 3.8) is 0 Å². The number of phenols is 1. The molecule has 0 saturated heterocycles. The van der Waals surface area contributed by atoms with Crippen molar-refractivity contribution < 1.29 is 14.6 Å². The van der Waals surface area contributed by atoms with E-state index in [0.29, 0.717) is 21.7 Å². The van der Waals surface area contributed by atoms with Crippen LogP contribution in [0.4, 0.5) is 4.39 Å². The molecule has 120 valence electrons. The number of hydrogen-bond acceptors (Lipinski definition) is 2. The molecule has 0 spiro atoms. The number of phenolic OH excluding ortho intramolecular Hbond substituents is 1. The van der Waals surface area contributed by atoms with Gasteiger partial charge in [-0.3, -0.25) is 0 Å². The van der Waals surface area contributed by atoms with Crippen LogP contribution in [0, 0.1) is 23.1 Å². The normalized spacial score (nSPS) is 43.4. The van der Waals surface area contributed by atoms with E-state index in [-0.39, 0.29) is 17.3 Å². The van der Waals surface area contributed by atoms with Crippen LogP contribution < -0.4 is 0 Å². The highest BCUT2D eigenvalue weighted by molar-refractivity contribution is 14.1. The molecular weight excluding hydrogens is 392 g/mol. The van der Waals surface area contributed by atoms with Crippen LogP contribution in [-0.4, -0.2) is 20.2 Å². The Morgan fingerprint density at radius 1 is 1.32 bits per heavy atom. The van der Waals surface area contributed by atoms with Gasteiger partial charge in [0.25, 0.3) is 0 Å². The van der Waals surface area contributed by atoms with Gasteiger partial charge in [0.05, 0.1) is 6.10 Å². The summed E-state index contributed by atoms with van der Waals surface area (Å²) in [6.45, 7) is 2.25. The molecule has 2 saturated carbocycles. The molecule has 1 aromatic rings. The average Bonchev–Trinajstić information content (AvgIpc) is 2.72. The molecule has 1 aromatic carbocycles. The molecule has 2 N–H and O–H groups in total. The highest BCUT2D eigenvalue weighted by Gasteiger charge is 2.57. The lowest BCUT2D eigenvalue weighted by Gasteiger charge is -2.50. The maximum Gasteiger partial charge on any atom is 0.165 e. The first-order chi connectivity index (χ1) is 10.4. The quantitative estimate of drug-likeness (QED) is 0.495. The molecule has 0 bridgehead atoms. The van der Waals surface area contributed by atoms with Gasteiger partial charge in [-0.1, -0.05) is 29.5 Å². The Bertz CT molecular complexity index is 619. The van der Waals surface area contributed by atoms with Gasteiger partial charge in [-0.15, -0.1) is 0 Å². The van der Waals surface area contributed by atoms with Crippen molar-refractivity contribution in [1.82, 2.24) is 0 Å². The molecule has 0 aromatic heterocycles. The second-order valence-electron chi connectivity index (χ2n) is 7.66. The van der Waals surface area contributed by atoms with Crippen molar-refractivity contribution in [2.24, 2.45) is 17.3 Å². The fraction of sp³-hybridized carbons (Fsp3) is 0.667. The Morgan fingerprint density at radius 3 is 2.86 bits per heavy atom. The third-order valence-electron chi connectivity index (χ3n) is 6.73. The Hall–Kier alpha value is -0.360. The number of hydrogen-bond donors (Lipinski definition) is 2. The fourth-order valence-electron chi connectivity index (χ4n) is 5.52. The van der Waals surface area contributed by atoms with Gasteiger partial charge in [-0.05, 0) is 78.5 Å². The third-order valence-corrected chi connectivity index (χ3v) is 7.92. The lowest BCUT2D eigenvalue weighted by atomic mass is 9.55. The molecule has 0 unspecified atom stereocenters. The monoisotopic (exact) mass is 414 g/mol. The van der Waals surface area contributed by atoms with Crippen LogP contribution in [-0.2, 0) is 6.42 Å². The summed E-state index contributed by atoms with van der Waals surface area (Å²) in [5, 5.41) is 20.2. The number of aromatic hydroxyl groups is 1. The van der Waals surface area contributed by atoms with E-state index in [1.165, 1.54) is 0 Å². The first-order valence-corrected chi connectivity index (χ1v) is 9.50. The Morgan fingerprint density at radius 2 is 2.09 bits per heavy atom. The van der Waals surface area contributed by atoms with Gasteiger partial charge >= 0.3 is 0 Å². The van der Waals surface area contributed by atoms with E-state index in [2.05, 4.69) is 29.5 Å². The van der Waals surface area contributed by atoms with E-state index in [1.807, 2.05) is 0 Å². The highest BCUT2D eigenvalue weighted by atomic mass is 125. The SMILES string of the molecule is C[C@]12CC[C@@H]3c4cc(F)c(O)cc4CC[C@H]3[C@@H]1C[C@@H]([125I])[C@@H]2O. The van der Waals surface area contributed by atoms with Crippen LogP contribution in [0.5, 0.6) is 5.75 Å². The van der Waals surface area contributed by atoms with Crippen LogP contribution >= 0.6 is 22.6 Å². The summed E-state index contributed by atoms with van der Waals surface area (Å²) in [4.78, 5) is 0. The summed E-state index contributed by atoms with van der Waals surface area (Å²) in [6, 6.07) is 3.19. The Labute approximate surface area is 144 Å². The molecule has 0 aliphatic heterocycles. The molecule has 0 amide bonds. The van der Waals surface area contributed by atoms with Gasteiger partial charge in [-0.2, -0.15) is 0 Å². The van der Waals surface area contributed by atoms with E-state index < -0.39 is 5.82 Å². The molecule has 0 radical (unpaired) electrons. The number of aryl methyl sites for hydroxylation is 1. The largest absolute Gasteiger partial charge is 0.505 e. The number of fused-ring (bicyclic) bond motifs is 5. The molecule has 2 nitrogen and oxygen atoms in total. The van der Waals surface area contributed by atoms with E-state index in [9.17, 15) is 14.6 Å². The molecule has 4 heteroatoms. The van der Waals surface area contributed by atoms with Crippen molar-refractivity contribution in [2.75, 3.05) is 0 Å². The summed E-state index contributed by atoms with van der Waals surface area (Å²) in [7, 11) is 0. The maximum atomic E-state index is 13.8. The Balaban J connectivity index is 1.73. The van der Waals surface area contributed by atoms with Crippen molar-refractivity contribution in [3.05, 3.63) is 29.1 Å². The summed E-state index contributed by atoms with van der Waals surface area (Å²) in [6.07, 6.45) is 4.92. The summed E-state index contributed by atoms with van der Waals surface area (Å²) >= 11 is 2.40. The van der Waals surface area contributed by atoms with E-state index in [4.69, 9.17) is 0 Å². The van der Waals surface area contributed by atoms with Gasteiger partial charge in [0, 0.05) is 3.92 Å². The smallest absolute Gasteiger partial charge is 0.165 e. The molecule has 3 aliphatic rings. The van der Waals surface area contributed by atoms with Gasteiger partial charge in [0.2, 0.25) is 0 Å². The third kappa shape index (κ3) is 1.98. The van der Waals surface area contributed by atoms with Crippen molar-refractivity contribution in [3.8, 4) is 5.75 Å². The van der Waals surface area contributed by atoms with Crippen molar-refractivity contribution >= 4 is 22.6 Å². The summed E-state index contributed by atoms with van der Waals surface area (Å²) < 4.78 is 14.2.